The van der Waals surface area contributed by atoms with Crippen molar-refractivity contribution in [2.45, 2.75) is 0 Å². The standard InChI is InChI=1S/C13H14N2/c1-15-13-4-2-3-11(9-13)10-5-7-12(14)8-6-10/h2-9,15H,14H2,1H3. The summed E-state index contributed by atoms with van der Waals surface area (Å²) in [5, 5.41) is 3.12. The van der Waals surface area contributed by atoms with E-state index in [4.69, 9.17) is 5.73 Å². The lowest BCUT2D eigenvalue weighted by Gasteiger charge is -2.05. The van der Waals surface area contributed by atoms with E-state index >= 15 is 0 Å². The van der Waals surface area contributed by atoms with E-state index in [0.29, 0.717) is 0 Å². The average Bonchev–Trinajstić information content (AvgIpc) is 2.30. The Bertz CT molecular complexity index is 446. The van der Waals surface area contributed by atoms with Crippen molar-refractivity contribution < 1.29 is 0 Å². The molecule has 0 heterocycles. The van der Waals surface area contributed by atoms with Gasteiger partial charge in [-0.25, -0.2) is 0 Å². The molecule has 0 aliphatic rings. The van der Waals surface area contributed by atoms with Gasteiger partial charge in [-0.05, 0) is 35.4 Å². The first kappa shape index (κ1) is 9.59. The number of hydrogen-bond donors (Lipinski definition) is 2. The molecule has 3 N–H and O–H groups in total. The number of nitrogens with two attached hydrogens (primary N) is 1. The number of rotatable bonds is 2. The van der Waals surface area contributed by atoms with Gasteiger partial charge in [-0.1, -0.05) is 24.3 Å². The summed E-state index contributed by atoms with van der Waals surface area (Å²) in [5.41, 5.74) is 9.94. The SMILES string of the molecule is CNc1cccc(-c2ccc(N)cc2)c1. The quantitative estimate of drug-likeness (QED) is 0.728. The van der Waals surface area contributed by atoms with Crippen LogP contribution in [0.2, 0.25) is 0 Å². The molecule has 15 heavy (non-hydrogen) atoms. The maximum atomic E-state index is 5.65. The smallest absolute Gasteiger partial charge is 0.0343 e. The van der Waals surface area contributed by atoms with Gasteiger partial charge in [0.15, 0.2) is 0 Å². The fourth-order valence-electron chi connectivity index (χ4n) is 1.53. The predicted molar refractivity (Wildman–Crippen MR) is 65.8 cm³/mol. The fraction of sp³-hybridized carbons (Fsp3) is 0.0769. The van der Waals surface area contributed by atoms with Crippen LogP contribution in [0.15, 0.2) is 48.5 Å². The maximum Gasteiger partial charge on any atom is 0.0343 e. The predicted octanol–water partition coefficient (Wildman–Crippen LogP) is 2.98. The minimum absolute atomic E-state index is 0.795. The van der Waals surface area contributed by atoms with E-state index in [1.165, 1.54) is 11.1 Å². The van der Waals surface area contributed by atoms with Crippen LogP contribution in [0.1, 0.15) is 0 Å². The van der Waals surface area contributed by atoms with Crippen molar-refractivity contribution >= 4 is 11.4 Å². The second kappa shape index (κ2) is 4.05. The molecule has 0 aliphatic heterocycles. The normalized spacial score (nSPS) is 9.93. The third-order valence-electron chi connectivity index (χ3n) is 2.40. The monoisotopic (exact) mass is 198 g/mol. The topological polar surface area (TPSA) is 38.0 Å². The molecule has 0 fully saturated rings. The molecule has 0 unspecified atom stereocenters. The van der Waals surface area contributed by atoms with Gasteiger partial charge in [0.25, 0.3) is 0 Å². The van der Waals surface area contributed by atoms with Gasteiger partial charge in [-0.2, -0.15) is 0 Å². The van der Waals surface area contributed by atoms with Gasteiger partial charge in [0.2, 0.25) is 0 Å². The minimum Gasteiger partial charge on any atom is -0.399 e. The van der Waals surface area contributed by atoms with Crippen LogP contribution in [0.25, 0.3) is 11.1 Å². The molecule has 0 spiro atoms. The van der Waals surface area contributed by atoms with E-state index in [2.05, 4.69) is 17.4 Å². The molecule has 0 saturated heterocycles. The molecule has 76 valence electrons. The van der Waals surface area contributed by atoms with Crippen molar-refractivity contribution in [3.63, 3.8) is 0 Å². The van der Waals surface area contributed by atoms with Crippen LogP contribution >= 0.6 is 0 Å². The highest BCUT2D eigenvalue weighted by Gasteiger charge is 1.97. The van der Waals surface area contributed by atoms with Gasteiger partial charge >= 0.3 is 0 Å². The molecule has 0 aromatic heterocycles. The zero-order valence-electron chi connectivity index (χ0n) is 8.70. The van der Waals surface area contributed by atoms with E-state index in [0.717, 1.165) is 11.4 Å². The highest BCUT2D eigenvalue weighted by atomic mass is 14.8. The summed E-state index contributed by atoms with van der Waals surface area (Å²) in [6, 6.07) is 16.2. The van der Waals surface area contributed by atoms with E-state index in [9.17, 15) is 0 Å². The van der Waals surface area contributed by atoms with Crippen molar-refractivity contribution in [3.8, 4) is 11.1 Å². The van der Waals surface area contributed by atoms with Crippen LogP contribution in [-0.4, -0.2) is 7.05 Å². The first-order valence-corrected chi connectivity index (χ1v) is 4.93. The number of nitrogen functional groups attached to an aromatic ring is 1. The molecule has 0 amide bonds. The van der Waals surface area contributed by atoms with Gasteiger partial charge in [0.05, 0.1) is 0 Å². The van der Waals surface area contributed by atoms with Crippen LogP contribution in [0.5, 0.6) is 0 Å². The molecule has 0 bridgehead atoms. The molecule has 2 heteroatoms. The molecule has 0 atom stereocenters. The van der Waals surface area contributed by atoms with Crippen LogP contribution in [0, 0.1) is 0 Å². The van der Waals surface area contributed by atoms with Crippen LogP contribution in [-0.2, 0) is 0 Å². The zero-order valence-corrected chi connectivity index (χ0v) is 8.70. The summed E-state index contributed by atoms with van der Waals surface area (Å²) in [6.07, 6.45) is 0. The third kappa shape index (κ3) is 2.10. The lowest BCUT2D eigenvalue weighted by Crippen LogP contribution is -1.88. The van der Waals surface area contributed by atoms with E-state index in [-0.39, 0.29) is 0 Å². The first-order valence-electron chi connectivity index (χ1n) is 4.93. The number of hydrogen-bond acceptors (Lipinski definition) is 2. The van der Waals surface area contributed by atoms with Gasteiger partial charge in [0, 0.05) is 18.4 Å². The lowest BCUT2D eigenvalue weighted by atomic mass is 10.0. The van der Waals surface area contributed by atoms with Gasteiger partial charge in [-0.15, -0.1) is 0 Å². The number of benzene rings is 2. The lowest BCUT2D eigenvalue weighted by molar-refractivity contribution is 1.51. The van der Waals surface area contributed by atoms with E-state index in [1.807, 2.05) is 43.4 Å². The average molecular weight is 198 g/mol. The zero-order chi connectivity index (χ0) is 10.7. The van der Waals surface area contributed by atoms with Crippen molar-refractivity contribution in [2.75, 3.05) is 18.1 Å². The maximum absolute atomic E-state index is 5.65. The molecule has 2 aromatic rings. The minimum atomic E-state index is 0.795. The Labute approximate surface area is 89.7 Å². The van der Waals surface area contributed by atoms with Crippen LogP contribution in [0.3, 0.4) is 0 Å². The second-order valence-electron chi connectivity index (χ2n) is 3.45. The van der Waals surface area contributed by atoms with Crippen molar-refractivity contribution in [1.82, 2.24) is 0 Å². The van der Waals surface area contributed by atoms with Crippen molar-refractivity contribution in [1.29, 1.82) is 0 Å². The summed E-state index contributed by atoms with van der Waals surface area (Å²) in [4.78, 5) is 0. The Balaban J connectivity index is 2.40. The van der Waals surface area contributed by atoms with Gasteiger partial charge in [0.1, 0.15) is 0 Å². The molecule has 0 radical (unpaired) electrons. The molecule has 2 aromatic carbocycles. The summed E-state index contributed by atoms with van der Waals surface area (Å²) in [5.74, 6) is 0. The third-order valence-corrected chi connectivity index (χ3v) is 2.40. The highest BCUT2D eigenvalue weighted by molar-refractivity contribution is 5.69. The number of anilines is 2. The van der Waals surface area contributed by atoms with Crippen LogP contribution < -0.4 is 11.1 Å². The van der Waals surface area contributed by atoms with E-state index in [1.54, 1.807) is 0 Å². The summed E-state index contributed by atoms with van der Waals surface area (Å²) in [7, 11) is 1.92. The summed E-state index contributed by atoms with van der Waals surface area (Å²) < 4.78 is 0. The Morgan fingerprint density at radius 1 is 0.933 bits per heavy atom. The molecular weight excluding hydrogens is 184 g/mol. The summed E-state index contributed by atoms with van der Waals surface area (Å²) >= 11 is 0. The molecule has 2 rings (SSSR count). The number of nitrogens with one attached hydrogen (secondary N) is 1. The van der Waals surface area contributed by atoms with Crippen LogP contribution in [0.4, 0.5) is 11.4 Å². The van der Waals surface area contributed by atoms with Crippen molar-refractivity contribution in [2.24, 2.45) is 0 Å². The Hall–Kier alpha value is -1.96. The fourth-order valence-corrected chi connectivity index (χ4v) is 1.53. The Kier molecular flexibility index (Phi) is 2.59. The Morgan fingerprint density at radius 3 is 2.33 bits per heavy atom. The molecule has 0 aliphatic carbocycles. The van der Waals surface area contributed by atoms with Gasteiger partial charge < -0.3 is 11.1 Å². The molecule has 2 nitrogen and oxygen atoms in total. The molecular formula is C13H14N2. The Morgan fingerprint density at radius 2 is 1.67 bits per heavy atom. The summed E-state index contributed by atoms with van der Waals surface area (Å²) in [6.45, 7) is 0. The van der Waals surface area contributed by atoms with Gasteiger partial charge in [-0.3, -0.25) is 0 Å². The van der Waals surface area contributed by atoms with Crippen molar-refractivity contribution in [3.05, 3.63) is 48.5 Å². The van der Waals surface area contributed by atoms with E-state index < -0.39 is 0 Å². The first-order chi connectivity index (χ1) is 7.29. The second-order valence-corrected chi connectivity index (χ2v) is 3.45. The molecule has 0 saturated carbocycles. The largest absolute Gasteiger partial charge is 0.399 e. The highest BCUT2D eigenvalue weighted by Crippen LogP contribution is 2.23.